The zero-order valence-corrected chi connectivity index (χ0v) is 22.7. The van der Waals surface area contributed by atoms with Gasteiger partial charge in [-0.05, 0) is 43.7 Å². The van der Waals surface area contributed by atoms with Gasteiger partial charge in [-0.15, -0.1) is 9.19 Å². The van der Waals surface area contributed by atoms with Gasteiger partial charge in [0.2, 0.25) is 10.0 Å². The smallest absolute Gasteiger partial charge is 0.207 e. The third-order valence-corrected chi connectivity index (χ3v) is 9.09. The standard InChI is InChI=1S/C28H28N4O4S2/c1-23-12-16-27(17-13-23)37(33,34)31(20-8-4-7-11-25-9-5-3-6-10-25)21-26-22-32(30-29-26)38(35,36)28-18-14-24(2)15-19-28/h3-19,22H,20-21H2,1-2H3/b8-4+,11-7+. The number of benzene rings is 3. The van der Waals surface area contributed by atoms with Gasteiger partial charge < -0.3 is 0 Å². The first kappa shape index (κ1) is 27.2. The number of nitrogens with zero attached hydrogens (tertiary/aromatic N) is 4. The molecule has 0 atom stereocenters. The molecule has 0 spiro atoms. The largest absolute Gasteiger partial charge is 0.284 e. The minimum atomic E-state index is -3.96. The van der Waals surface area contributed by atoms with Gasteiger partial charge in [-0.2, -0.15) is 12.7 Å². The van der Waals surface area contributed by atoms with Gasteiger partial charge in [0, 0.05) is 6.54 Å². The van der Waals surface area contributed by atoms with E-state index in [-0.39, 0.29) is 28.6 Å². The van der Waals surface area contributed by atoms with Crippen LogP contribution >= 0.6 is 0 Å². The Morgan fingerprint density at radius 2 is 1.39 bits per heavy atom. The maximum Gasteiger partial charge on any atom is 0.284 e. The summed E-state index contributed by atoms with van der Waals surface area (Å²) in [6.07, 6.45) is 8.47. The number of rotatable bonds is 10. The molecule has 0 aliphatic rings. The summed E-state index contributed by atoms with van der Waals surface area (Å²) in [4.78, 5) is 0.202. The third kappa shape index (κ3) is 6.52. The van der Waals surface area contributed by atoms with E-state index in [2.05, 4.69) is 10.3 Å². The molecule has 0 amide bonds. The molecule has 0 fully saturated rings. The van der Waals surface area contributed by atoms with Crippen molar-refractivity contribution in [3.8, 4) is 0 Å². The van der Waals surface area contributed by atoms with E-state index < -0.39 is 20.0 Å². The average Bonchev–Trinajstić information content (AvgIpc) is 3.38. The van der Waals surface area contributed by atoms with Gasteiger partial charge in [0.15, 0.2) is 0 Å². The van der Waals surface area contributed by atoms with Crippen LogP contribution in [0.3, 0.4) is 0 Å². The lowest BCUT2D eigenvalue weighted by Crippen LogP contribution is -2.31. The van der Waals surface area contributed by atoms with Crippen molar-refractivity contribution in [3.63, 3.8) is 0 Å². The SMILES string of the molecule is Cc1ccc(S(=O)(=O)N(C/C=C/C=C/c2ccccc2)Cc2cn(S(=O)(=O)c3ccc(C)cc3)nn2)cc1. The Kier molecular flexibility index (Phi) is 8.35. The number of allylic oxidation sites excluding steroid dienone is 2. The fourth-order valence-electron chi connectivity index (χ4n) is 3.56. The molecule has 0 saturated heterocycles. The van der Waals surface area contributed by atoms with Gasteiger partial charge in [-0.3, -0.25) is 0 Å². The van der Waals surface area contributed by atoms with Crippen LogP contribution < -0.4 is 0 Å². The highest BCUT2D eigenvalue weighted by Gasteiger charge is 2.26. The Bertz CT molecular complexity index is 1640. The van der Waals surface area contributed by atoms with Crippen molar-refractivity contribution in [1.29, 1.82) is 0 Å². The van der Waals surface area contributed by atoms with E-state index in [9.17, 15) is 16.8 Å². The van der Waals surface area contributed by atoms with Crippen LogP contribution in [-0.4, -0.2) is 42.1 Å². The van der Waals surface area contributed by atoms with Crippen LogP contribution in [0.4, 0.5) is 0 Å². The molecule has 0 aliphatic carbocycles. The molecule has 10 heteroatoms. The summed E-state index contributed by atoms with van der Waals surface area (Å²) in [6, 6.07) is 22.7. The fourth-order valence-corrected chi connectivity index (χ4v) is 6.02. The van der Waals surface area contributed by atoms with Crippen molar-refractivity contribution in [3.05, 3.63) is 126 Å². The van der Waals surface area contributed by atoms with E-state index in [1.807, 2.05) is 56.3 Å². The van der Waals surface area contributed by atoms with Gasteiger partial charge in [0.05, 0.1) is 28.2 Å². The molecule has 1 heterocycles. The summed E-state index contributed by atoms with van der Waals surface area (Å²) in [7, 11) is -7.87. The Labute approximate surface area is 223 Å². The second-order valence-electron chi connectivity index (χ2n) is 8.71. The fraction of sp³-hybridized carbons (Fsp3) is 0.143. The van der Waals surface area contributed by atoms with Crippen molar-refractivity contribution in [1.82, 2.24) is 18.7 Å². The Hall–Kier alpha value is -3.86. The molecule has 0 N–H and O–H groups in total. The second-order valence-corrected chi connectivity index (χ2v) is 12.4. The maximum atomic E-state index is 13.5. The Morgan fingerprint density at radius 3 is 2.03 bits per heavy atom. The van der Waals surface area contributed by atoms with Crippen molar-refractivity contribution in [2.45, 2.75) is 30.2 Å². The summed E-state index contributed by atoms with van der Waals surface area (Å²) < 4.78 is 54.9. The van der Waals surface area contributed by atoms with Gasteiger partial charge in [0.1, 0.15) is 0 Å². The quantitative estimate of drug-likeness (QED) is 0.269. The number of hydrogen-bond donors (Lipinski definition) is 0. The lowest BCUT2D eigenvalue weighted by molar-refractivity contribution is 0.433. The van der Waals surface area contributed by atoms with Crippen molar-refractivity contribution < 1.29 is 16.8 Å². The monoisotopic (exact) mass is 548 g/mol. The van der Waals surface area contributed by atoms with Crippen LogP contribution in [0, 0.1) is 13.8 Å². The van der Waals surface area contributed by atoms with Gasteiger partial charge in [0.25, 0.3) is 10.0 Å². The van der Waals surface area contributed by atoms with Gasteiger partial charge in [-0.1, -0.05) is 95.2 Å². The average molecular weight is 549 g/mol. The molecule has 0 saturated carbocycles. The number of sulfonamides is 1. The molecular weight excluding hydrogens is 520 g/mol. The predicted octanol–water partition coefficient (Wildman–Crippen LogP) is 4.59. The Balaban J connectivity index is 1.58. The van der Waals surface area contributed by atoms with E-state index in [4.69, 9.17) is 0 Å². The van der Waals surface area contributed by atoms with Crippen molar-refractivity contribution in [2.75, 3.05) is 6.54 Å². The van der Waals surface area contributed by atoms with Crippen LogP contribution in [0.5, 0.6) is 0 Å². The van der Waals surface area contributed by atoms with Gasteiger partial charge >= 0.3 is 0 Å². The van der Waals surface area contributed by atoms with E-state index in [1.165, 1.54) is 22.6 Å². The summed E-state index contributed by atoms with van der Waals surface area (Å²) in [5.41, 5.74) is 3.08. The highest BCUT2D eigenvalue weighted by Crippen LogP contribution is 2.20. The van der Waals surface area contributed by atoms with Crippen LogP contribution in [0.1, 0.15) is 22.4 Å². The third-order valence-electron chi connectivity index (χ3n) is 5.73. The van der Waals surface area contributed by atoms with Crippen molar-refractivity contribution >= 4 is 26.1 Å². The van der Waals surface area contributed by atoms with E-state index >= 15 is 0 Å². The van der Waals surface area contributed by atoms with Crippen LogP contribution in [-0.2, 0) is 26.6 Å². The topological polar surface area (TPSA) is 102 Å². The highest BCUT2D eigenvalue weighted by atomic mass is 32.2. The minimum absolute atomic E-state index is 0.0485. The van der Waals surface area contributed by atoms with E-state index in [0.717, 1.165) is 20.8 Å². The highest BCUT2D eigenvalue weighted by molar-refractivity contribution is 7.90. The second kappa shape index (κ2) is 11.7. The molecule has 0 bridgehead atoms. The van der Waals surface area contributed by atoms with Crippen LogP contribution in [0.25, 0.3) is 6.08 Å². The van der Waals surface area contributed by atoms with E-state index in [1.54, 1.807) is 48.6 Å². The first-order valence-electron chi connectivity index (χ1n) is 11.8. The molecular formula is C28H28N4O4S2. The number of aryl methyl sites for hydroxylation is 2. The molecule has 0 radical (unpaired) electrons. The number of aromatic nitrogens is 3. The lowest BCUT2D eigenvalue weighted by Gasteiger charge is -2.19. The first-order valence-corrected chi connectivity index (χ1v) is 14.7. The first-order chi connectivity index (χ1) is 18.2. The van der Waals surface area contributed by atoms with E-state index in [0.29, 0.717) is 0 Å². The molecule has 0 unspecified atom stereocenters. The lowest BCUT2D eigenvalue weighted by atomic mass is 10.2. The number of hydrogen-bond acceptors (Lipinski definition) is 6. The molecule has 0 aliphatic heterocycles. The maximum absolute atomic E-state index is 13.5. The summed E-state index contributed by atoms with van der Waals surface area (Å²) in [5.74, 6) is 0. The van der Waals surface area contributed by atoms with Crippen LogP contribution in [0.15, 0.2) is 113 Å². The summed E-state index contributed by atoms with van der Waals surface area (Å²) in [6.45, 7) is 3.63. The zero-order valence-electron chi connectivity index (χ0n) is 21.0. The normalized spacial score (nSPS) is 12.6. The zero-order chi connectivity index (χ0) is 27.2. The molecule has 4 rings (SSSR count). The predicted molar refractivity (Wildman–Crippen MR) is 147 cm³/mol. The molecule has 8 nitrogen and oxygen atoms in total. The Morgan fingerprint density at radius 1 is 0.789 bits per heavy atom. The molecule has 4 aromatic rings. The van der Waals surface area contributed by atoms with Crippen molar-refractivity contribution in [2.24, 2.45) is 0 Å². The molecule has 1 aromatic heterocycles. The summed E-state index contributed by atoms with van der Waals surface area (Å²) >= 11 is 0. The minimum Gasteiger partial charge on any atom is -0.207 e. The molecule has 196 valence electrons. The van der Waals surface area contributed by atoms with Gasteiger partial charge in [-0.25, -0.2) is 8.42 Å². The van der Waals surface area contributed by atoms with Crippen LogP contribution in [0.2, 0.25) is 0 Å². The molecule has 38 heavy (non-hydrogen) atoms. The molecule has 3 aromatic carbocycles. The summed E-state index contributed by atoms with van der Waals surface area (Å²) in [5, 5.41) is 7.74.